The number of nitrogens with one attached hydrogen (secondary N) is 1. The predicted octanol–water partition coefficient (Wildman–Crippen LogP) is 3.16. The minimum atomic E-state index is -0.506. The monoisotopic (exact) mass is 424 g/mol. The first-order valence-corrected chi connectivity index (χ1v) is 10.6. The maximum absolute atomic E-state index is 12.5. The van der Waals surface area contributed by atoms with Gasteiger partial charge >= 0.3 is 11.7 Å². The van der Waals surface area contributed by atoms with Crippen LogP contribution in [-0.4, -0.2) is 25.1 Å². The Bertz CT molecular complexity index is 1220. The van der Waals surface area contributed by atoms with Crippen molar-refractivity contribution in [2.24, 2.45) is 0 Å². The molecule has 31 heavy (non-hydrogen) atoms. The summed E-state index contributed by atoms with van der Waals surface area (Å²) in [5.74, 6) is -0.0654. The van der Waals surface area contributed by atoms with E-state index in [2.05, 4.69) is 9.97 Å². The van der Waals surface area contributed by atoms with Gasteiger partial charge in [0.2, 0.25) is 0 Å². The lowest BCUT2D eigenvalue weighted by Gasteiger charge is -2.08. The number of nitrogens with zero attached hydrogens (tertiary/aromatic N) is 3. The minimum absolute atomic E-state index is 0.0902. The Labute approximate surface area is 180 Å². The van der Waals surface area contributed by atoms with E-state index >= 15 is 0 Å². The fraction of sp³-hybridized carbons (Fsp3) is 0.391. The van der Waals surface area contributed by atoms with E-state index in [0.717, 1.165) is 30.4 Å². The quantitative estimate of drug-likeness (QED) is 0.420. The highest BCUT2D eigenvalue weighted by Crippen LogP contribution is 2.14. The molecule has 0 aliphatic rings. The van der Waals surface area contributed by atoms with Crippen LogP contribution in [0.3, 0.4) is 0 Å². The van der Waals surface area contributed by atoms with Gasteiger partial charge in [0.05, 0.1) is 0 Å². The molecule has 1 aromatic carbocycles. The Morgan fingerprint density at radius 1 is 1.16 bits per heavy atom. The lowest BCUT2D eigenvalue weighted by molar-refractivity contribution is -0.139. The Balaban J connectivity index is 1.88. The van der Waals surface area contributed by atoms with Crippen LogP contribution in [0.5, 0.6) is 0 Å². The van der Waals surface area contributed by atoms with Crippen LogP contribution in [0.25, 0.3) is 17.2 Å². The van der Waals surface area contributed by atoms with Gasteiger partial charge in [-0.3, -0.25) is 14.3 Å². The van der Waals surface area contributed by atoms with Crippen molar-refractivity contribution in [3.05, 3.63) is 68.1 Å². The van der Waals surface area contributed by atoms with Gasteiger partial charge < -0.3 is 9.30 Å². The number of carbonyl (C=O) groups is 1. The van der Waals surface area contributed by atoms with Crippen molar-refractivity contribution in [3.63, 3.8) is 0 Å². The van der Waals surface area contributed by atoms with Crippen molar-refractivity contribution >= 4 is 23.2 Å². The molecular weight excluding hydrogens is 396 g/mol. The number of esters is 1. The fourth-order valence-corrected chi connectivity index (χ4v) is 3.44. The summed E-state index contributed by atoms with van der Waals surface area (Å²) < 4.78 is 8.59. The number of carbonyl (C=O) groups excluding carboxylic acids is 1. The van der Waals surface area contributed by atoms with Crippen LogP contribution in [-0.2, 0) is 29.2 Å². The zero-order valence-corrected chi connectivity index (χ0v) is 18.2. The van der Waals surface area contributed by atoms with Gasteiger partial charge in [-0.2, -0.15) is 0 Å². The van der Waals surface area contributed by atoms with Gasteiger partial charge in [0, 0.05) is 19.2 Å². The second-order valence-corrected chi connectivity index (χ2v) is 7.47. The van der Waals surface area contributed by atoms with Crippen LogP contribution in [0.4, 0.5) is 0 Å². The number of fused-ring (bicyclic) bond motifs is 1. The number of H-pyrrole nitrogens is 1. The van der Waals surface area contributed by atoms with E-state index in [4.69, 9.17) is 4.74 Å². The number of aryl methyl sites for hydroxylation is 3. The Kier molecular flexibility index (Phi) is 7.23. The molecule has 3 rings (SSSR count). The van der Waals surface area contributed by atoms with E-state index in [1.807, 2.05) is 45.0 Å². The van der Waals surface area contributed by atoms with Crippen LogP contribution < -0.4 is 11.2 Å². The van der Waals surface area contributed by atoms with Crippen LogP contribution in [0.2, 0.25) is 0 Å². The number of hydrogen-bond acceptors (Lipinski definition) is 5. The first-order chi connectivity index (χ1) is 14.9. The topological polar surface area (TPSA) is 99.0 Å². The van der Waals surface area contributed by atoms with Crippen molar-refractivity contribution in [1.29, 1.82) is 0 Å². The van der Waals surface area contributed by atoms with Gasteiger partial charge in [0.15, 0.2) is 11.2 Å². The second-order valence-electron chi connectivity index (χ2n) is 7.47. The van der Waals surface area contributed by atoms with Gasteiger partial charge in [-0.1, -0.05) is 50.1 Å². The number of benzene rings is 1. The van der Waals surface area contributed by atoms with E-state index in [9.17, 15) is 14.4 Å². The van der Waals surface area contributed by atoms with Crippen molar-refractivity contribution in [2.45, 2.75) is 59.7 Å². The lowest BCUT2D eigenvalue weighted by Crippen LogP contribution is -2.31. The average molecular weight is 425 g/mol. The number of aromatic amines is 1. The summed E-state index contributed by atoms with van der Waals surface area (Å²) in [6.07, 6.45) is 5.51. The van der Waals surface area contributed by atoms with Gasteiger partial charge in [0.1, 0.15) is 12.4 Å². The van der Waals surface area contributed by atoms with E-state index in [0.29, 0.717) is 30.1 Å². The Morgan fingerprint density at radius 3 is 2.68 bits per heavy atom. The second kappa shape index (κ2) is 10.1. The number of ether oxygens (including phenoxy) is 1. The molecule has 0 bridgehead atoms. The Hall–Kier alpha value is -3.42. The number of hydrogen-bond donors (Lipinski definition) is 1. The summed E-state index contributed by atoms with van der Waals surface area (Å²) in [5, 5.41) is 0. The van der Waals surface area contributed by atoms with E-state index in [1.165, 1.54) is 10.6 Å². The highest BCUT2D eigenvalue weighted by molar-refractivity contribution is 5.87. The molecule has 0 fully saturated rings. The third kappa shape index (κ3) is 5.20. The summed E-state index contributed by atoms with van der Waals surface area (Å²) >= 11 is 0. The summed E-state index contributed by atoms with van der Waals surface area (Å²) in [4.78, 5) is 43.9. The highest BCUT2D eigenvalue weighted by Gasteiger charge is 2.18. The molecule has 0 saturated heterocycles. The molecule has 0 spiro atoms. The lowest BCUT2D eigenvalue weighted by atomic mass is 10.1. The molecule has 0 aliphatic carbocycles. The van der Waals surface area contributed by atoms with Crippen LogP contribution in [0.15, 0.2) is 39.9 Å². The molecule has 164 valence electrons. The van der Waals surface area contributed by atoms with E-state index in [1.54, 1.807) is 10.6 Å². The molecule has 0 atom stereocenters. The fourth-order valence-electron chi connectivity index (χ4n) is 3.44. The SMILES string of the molecule is CCCCn1c(=O)[nH]c(=O)c2c1nc(COC(=O)/C=C/c1cccc(C)c1)n2CCC. The molecule has 0 unspecified atom stereocenters. The molecule has 3 aromatic rings. The minimum Gasteiger partial charge on any atom is -0.454 e. The van der Waals surface area contributed by atoms with Gasteiger partial charge in [-0.25, -0.2) is 14.6 Å². The zero-order valence-electron chi connectivity index (χ0n) is 18.2. The number of rotatable bonds is 9. The van der Waals surface area contributed by atoms with Crippen molar-refractivity contribution < 1.29 is 9.53 Å². The van der Waals surface area contributed by atoms with Gasteiger partial charge in [-0.05, 0) is 31.4 Å². The maximum Gasteiger partial charge on any atom is 0.331 e. The molecule has 2 aromatic heterocycles. The molecule has 0 aliphatic heterocycles. The largest absolute Gasteiger partial charge is 0.454 e. The molecule has 8 nitrogen and oxygen atoms in total. The van der Waals surface area contributed by atoms with Gasteiger partial charge in [-0.15, -0.1) is 0 Å². The summed E-state index contributed by atoms with van der Waals surface area (Å²) in [6, 6.07) is 7.77. The molecule has 8 heteroatoms. The third-order valence-corrected chi connectivity index (χ3v) is 4.94. The first-order valence-electron chi connectivity index (χ1n) is 10.6. The zero-order chi connectivity index (χ0) is 22.4. The molecule has 2 heterocycles. The molecule has 0 radical (unpaired) electrons. The molecule has 0 saturated carbocycles. The highest BCUT2D eigenvalue weighted by atomic mass is 16.5. The predicted molar refractivity (Wildman–Crippen MR) is 120 cm³/mol. The maximum atomic E-state index is 12.5. The smallest absolute Gasteiger partial charge is 0.331 e. The number of aromatic nitrogens is 4. The van der Waals surface area contributed by atoms with Crippen LogP contribution in [0.1, 0.15) is 50.1 Å². The van der Waals surface area contributed by atoms with Crippen molar-refractivity contribution in [2.75, 3.05) is 0 Å². The Morgan fingerprint density at radius 2 is 1.97 bits per heavy atom. The molecule has 1 N–H and O–H groups in total. The summed E-state index contributed by atoms with van der Waals surface area (Å²) in [6.45, 7) is 6.89. The normalized spacial score (nSPS) is 11.5. The third-order valence-electron chi connectivity index (χ3n) is 4.94. The average Bonchev–Trinajstić information content (AvgIpc) is 3.09. The van der Waals surface area contributed by atoms with Crippen LogP contribution >= 0.6 is 0 Å². The number of imidazole rings is 1. The standard InChI is InChI=1S/C23H28N4O4/c1-4-6-13-27-21-20(22(29)25-23(27)30)26(12-5-2)18(24-21)15-31-19(28)11-10-17-9-7-8-16(3)14-17/h7-11,14H,4-6,12-13,15H2,1-3H3,(H,25,29,30)/b11-10+. The van der Waals surface area contributed by atoms with E-state index in [-0.39, 0.29) is 6.61 Å². The van der Waals surface area contributed by atoms with Crippen molar-refractivity contribution in [1.82, 2.24) is 19.1 Å². The van der Waals surface area contributed by atoms with Gasteiger partial charge in [0.25, 0.3) is 5.56 Å². The van der Waals surface area contributed by atoms with Crippen molar-refractivity contribution in [3.8, 4) is 0 Å². The summed E-state index contributed by atoms with van der Waals surface area (Å²) in [5.41, 5.74) is 1.71. The summed E-state index contributed by atoms with van der Waals surface area (Å²) in [7, 11) is 0. The van der Waals surface area contributed by atoms with Crippen LogP contribution in [0, 0.1) is 6.92 Å². The first kappa shape index (κ1) is 22.3. The number of unbranched alkanes of at least 4 members (excludes halogenated alkanes) is 1. The molecule has 0 amide bonds. The van der Waals surface area contributed by atoms with E-state index < -0.39 is 17.2 Å². The molecular formula is C23H28N4O4.